The number of ether oxygens (including phenoxy) is 8. The van der Waals surface area contributed by atoms with Crippen LogP contribution in [0.25, 0.3) is 0 Å². The Bertz CT molecular complexity index is 1750. The first kappa shape index (κ1) is 54.9. The van der Waals surface area contributed by atoms with Gasteiger partial charge in [-0.05, 0) is 95.5 Å². The van der Waals surface area contributed by atoms with Crippen LogP contribution in [-0.4, -0.2) is 134 Å². The molecule has 16 nitrogen and oxygen atoms in total. The summed E-state index contributed by atoms with van der Waals surface area (Å²) in [6, 6.07) is -1.16. The second-order valence-corrected chi connectivity index (χ2v) is 19.4. The minimum absolute atomic E-state index is 0.00498. The molecule has 1 N–H and O–H groups in total. The third kappa shape index (κ3) is 14.2. The van der Waals surface area contributed by atoms with Crippen molar-refractivity contribution < 1.29 is 71.8 Å². The summed E-state index contributed by atoms with van der Waals surface area (Å²) in [5.41, 5.74) is 1.61. The Kier molecular flexibility index (Phi) is 20.9. The molecule has 0 spiro atoms. The highest BCUT2D eigenvalue weighted by Crippen LogP contribution is 2.42. The number of Topliss-reactive ketones (excluding diaryl/α,β-unsaturated/α-hetero) is 1. The number of hydrogen-bond acceptors (Lipinski definition) is 15. The molecule has 4 rings (SSSR count). The van der Waals surface area contributed by atoms with E-state index in [0.29, 0.717) is 56.9 Å². The Morgan fingerprint density at radius 3 is 2.03 bits per heavy atom. The van der Waals surface area contributed by atoms with E-state index in [1.165, 1.54) is 18.7 Å². The molecule has 374 valence electrons. The molecule has 0 aromatic rings. The molecule has 4 aliphatic rings. The van der Waals surface area contributed by atoms with Gasteiger partial charge in [0.05, 0.1) is 18.3 Å². The number of carbonyl (C=O) groups is 6. The van der Waals surface area contributed by atoms with Gasteiger partial charge >= 0.3 is 23.9 Å². The van der Waals surface area contributed by atoms with Gasteiger partial charge in [-0.3, -0.25) is 24.0 Å². The largest absolute Gasteiger partial charge is 0.462 e. The third-order valence-electron chi connectivity index (χ3n) is 14.1. The number of carbonyl (C=O) groups excluding carboxylic acids is 6. The van der Waals surface area contributed by atoms with Crippen molar-refractivity contribution in [3.05, 3.63) is 23.3 Å². The van der Waals surface area contributed by atoms with Crippen LogP contribution in [0.4, 0.5) is 0 Å². The number of amides is 1. The fraction of sp³-hybridized carbons (Fsp3) is 0.800. The fourth-order valence-electron chi connectivity index (χ4n) is 10.7. The van der Waals surface area contributed by atoms with E-state index in [2.05, 4.69) is 6.92 Å². The van der Waals surface area contributed by atoms with Crippen molar-refractivity contribution >= 4 is 35.6 Å². The van der Waals surface area contributed by atoms with Crippen molar-refractivity contribution in [1.29, 1.82) is 0 Å². The summed E-state index contributed by atoms with van der Waals surface area (Å²) in [6.07, 6.45) is 2.65. The average molecular weight is 934 g/mol. The van der Waals surface area contributed by atoms with Crippen LogP contribution >= 0.6 is 0 Å². The second kappa shape index (κ2) is 25.1. The van der Waals surface area contributed by atoms with Gasteiger partial charge in [0.25, 0.3) is 5.91 Å². The zero-order chi connectivity index (χ0) is 49.0. The van der Waals surface area contributed by atoms with Crippen molar-refractivity contribution in [3.8, 4) is 0 Å². The van der Waals surface area contributed by atoms with E-state index < -0.39 is 102 Å². The van der Waals surface area contributed by atoms with Gasteiger partial charge in [0.1, 0.15) is 36.2 Å². The highest BCUT2D eigenvalue weighted by Gasteiger charge is 2.58. The molecule has 2 bridgehead atoms. The number of ketones is 1. The van der Waals surface area contributed by atoms with Gasteiger partial charge in [0, 0.05) is 72.8 Å². The van der Waals surface area contributed by atoms with Crippen molar-refractivity contribution in [3.63, 3.8) is 0 Å². The van der Waals surface area contributed by atoms with Gasteiger partial charge in [-0.25, -0.2) is 4.79 Å². The van der Waals surface area contributed by atoms with Crippen molar-refractivity contribution in [1.82, 2.24) is 4.90 Å². The molecule has 0 aromatic carbocycles. The minimum Gasteiger partial charge on any atom is -0.462 e. The number of allylic oxidation sites excluding steroid dienone is 3. The van der Waals surface area contributed by atoms with Crippen molar-refractivity contribution in [2.24, 2.45) is 29.6 Å². The van der Waals surface area contributed by atoms with Gasteiger partial charge in [-0.2, -0.15) is 0 Å². The highest BCUT2D eigenvalue weighted by molar-refractivity contribution is 5.89. The summed E-state index contributed by atoms with van der Waals surface area (Å²) < 4.78 is 48.0. The molecule has 15 unspecified atom stereocenters. The van der Waals surface area contributed by atoms with Gasteiger partial charge in [-0.15, -0.1) is 0 Å². The molecule has 1 saturated carbocycles. The summed E-state index contributed by atoms with van der Waals surface area (Å²) in [5, 5.41) is 12.6. The Morgan fingerprint density at radius 2 is 1.42 bits per heavy atom. The summed E-state index contributed by atoms with van der Waals surface area (Å²) in [7, 11) is 4.65. The zero-order valence-electron chi connectivity index (χ0n) is 41.5. The lowest BCUT2D eigenvalue weighted by Crippen LogP contribution is -2.67. The summed E-state index contributed by atoms with van der Waals surface area (Å²) in [4.78, 5) is 83.1. The van der Waals surface area contributed by atoms with Crippen LogP contribution < -0.4 is 0 Å². The van der Waals surface area contributed by atoms with Gasteiger partial charge in [-0.1, -0.05) is 51.8 Å². The molecular weight excluding hydrogens is 855 g/mol. The monoisotopic (exact) mass is 934 g/mol. The molecule has 0 aromatic heterocycles. The van der Waals surface area contributed by atoms with Crippen LogP contribution in [0.2, 0.25) is 0 Å². The predicted molar refractivity (Wildman–Crippen MR) is 242 cm³/mol. The minimum atomic E-state index is -2.35. The lowest BCUT2D eigenvalue weighted by Gasteiger charge is -2.50. The smallest absolute Gasteiger partial charge is 0.329 e. The molecule has 1 aliphatic carbocycles. The summed E-state index contributed by atoms with van der Waals surface area (Å²) in [6.45, 7) is 15.2. The number of hydrogen-bond donors (Lipinski definition) is 1. The standard InChI is InChI=1S/C50H79NO15/c1-13-16-37-22-28(2)21-29(3)23-43(60-11)46-44(61-12)25-31(5)50(58,66-46)47(64-35(9)54)48(56)51-20-15-14-17-38(51)49(57)65-45(32(6)41(27-39(37)55)63-34(8)53)30(4)24-36-18-19-40(62-33(7)52)42(26-36)59-10/h22,24,29,31-32,36-38,40-47,58H,13-21,23,25-27H2,1-12H3/b28-22+,30-24?. The molecular formula is C50H79NO15. The van der Waals surface area contributed by atoms with E-state index >= 15 is 0 Å². The number of fused-ring (bicyclic) bond motifs is 3. The number of cyclic esters (lactones) is 1. The number of aliphatic hydroxyl groups is 1. The summed E-state index contributed by atoms with van der Waals surface area (Å²) >= 11 is 0. The molecule has 0 radical (unpaired) electrons. The average Bonchev–Trinajstić information content (AvgIpc) is 3.26. The quantitative estimate of drug-likeness (QED) is 0.144. The van der Waals surface area contributed by atoms with E-state index in [1.54, 1.807) is 35.2 Å². The number of rotatable bonds is 10. The maximum absolute atomic E-state index is 15.0. The Morgan fingerprint density at radius 1 is 0.803 bits per heavy atom. The van der Waals surface area contributed by atoms with Crippen LogP contribution in [0.5, 0.6) is 0 Å². The highest BCUT2D eigenvalue weighted by atomic mass is 16.7. The predicted octanol–water partition coefficient (Wildman–Crippen LogP) is 6.37. The molecule has 3 aliphatic heterocycles. The third-order valence-corrected chi connectivity index (χ3v) is 14.1. The maximum Gasteiger partial charge on any atom is 0.329 e. The number of piperidine rings is 1. The topological polar surface area (TPSA) is 200 Å². The van der Waals surface area contributed by atoms with Crippen LogP contribution in [0.15, 0.2) is 23.3 Å². The van der Waals surface area contributed by atoms with E-state index in [1.807, 2.05) is 32.9 Å². The molecule has 16 heteroatoms. The first-order valence-electron chi connectivity index (χ1n) is 24.1. The van der Waals surface area contributed by atoms with Crippen LogP contribution in [0.3, 0.4) is 0 Å². The Balaban J connectivity index is 1.88. The number of methoxy groups -OCH3 is 3. The van der Waals surface area contributed by atoms with Crippen LogP contribution in [0, 0.1) is 29.6 Å². The zero-order valence-corrected chi connectivity index (χ0v) is 41.5. The first-order valence-corrected chi connectivity index (χ1v) is 24.1. The van der Waals surface area contributed by atoms with E-state index in [4.69, 9.17) is 37.9 Å². The Labute approximate surface area is 392 Å². The Hall–Kier alpha value is -3.70. The molecule has 66 heavy (non-hydrogen) atoms. The second-order valence-electron chi connectivity index (χ2n) is 19.4. The maximum atomic E-state index is 15.0. The SMILES string of the molecule is CCCC1/C=C(\C)CC(C)CC(OC)C2OC(O)(C(C)CC2OC)C(OC(C)=O)C(=O)N2CCCCC2C(=O)OC(C(C)=CC2CCC(OC(C)=O)C(OC)C2)C(C)C(OC(C)=O)CC1=O. The molecule has 3 fully saturated rings. The van der Waals surface area contributed by atoms with Crippen molar-refractivity contribution in [2.75, 3.05) is 27.9 Å². The molecule has 15 atom stereocenters. The van der Waals surface area contributed by atoms with Gasteiger partial charge < -0.3 is 47.9 Å². The fourth-order valence-corrected chi connectivity index (χ4v) is 10.7. The number of esters is 4. The number of nitrogens with zero attached hydrogens (tertiary/aromatic N) is 1. The molecule has 2 saturated heterocycles. The summed E-state index contributed by atoms with van der Waals surface area (Å²) in [5.74, 6) is -7.95. The van der Waals surface area contributed by atoms with E-state index in [0.717, 1.165) is 18.9 Å². The van der Waals surface area contributed by atoms with E-state index in [-0.39, 0.29) is 49.5 Å². The lowest BCUT2D eigenvalue weighted by atomic mass is 9.81. The van der Waals surface area contributed by atoms with Gasteiger partial charge in [0.15, 0.2) is 0 Å². The van der Waals surface area contributed by atoms with Crippen molar-refractivity contribution in [2.45, 2.75) is 200 Å². The van der Waals surface area contributed by atoms with Gasteiger partial charge in [0.2, 0.25) is 11.9 Å². The molecule has 3 heterocycles. The normalized spacial score (nSPS) is 37.8. The van der Waals surface area contributed by atoms with Crippen LogP contribution in [0.1, 0.15) is 139 Å². The van der Waals surface area contributed by atoms with E-state index in [9.17, 15) is 33.9 Å². The first-order chi connectivity index (χ1) is 31.2. The molecule has 1 amide bonds. The lowest BCUT2D eigenvalue weighted by molar-refractivity contribution is -0.347. The van der Waals surface area contributed by atoms with Crippen LogP contribution in [-0.2, 0) is 66.7 Å².